The quantitative estimate of drug-likeness (QED) is 0.804. The molecule has 0 fully saturated rings. The number of nitrogens with one attached hydrogen (secondary N) is 1. The zero-order valence-corrected chi connectivity index (χ0v) is 11.5. The molecule has 0 aromatic carbocycles. The van der Waals surface area contributed by atoms with Crippen molar-refractivity contribution in [3.8, 4) is 0 Å². The van der Waals surface area contributed by atoms with Crippen LogP contribution in [0.5, 0.6) is 0 Å². The Balaban J connectivity index is 2.83. The Morgan fingerprint density at radius 1 is 1.59 bits per heavy atom. The molecule has 0 amide bonds. The van der Waals surface area contributed by atoms with Gasteiger partial charge in [0.2, 0.25) is 10.0 Å². The summed E-state index contributed by atoms with van der Waals surface area (Å²) in [7, 11) is -2.04. The summed E-state index contributed by atoms with van der Waals surface area (Å²) < 4.78 is 30.8. The first-order chi connectivity index (χ1) is 7.85. The fourth-order valence-corrected chi connectivity index (χ4v) is 3.71. The Morgan fingerprint density at radius 3 is 2.76 bits per heavy atom. The largest absolute Gasteiger partial charge is 0.381 e. The molecule has 1 aromatic rings. The molecule has 0 saturated carbocycles. The van der Waals surface area contributed by atoms with Crippen molar-refractivity contribution in [1.29, 1.82) is 0 Å². The minimum atomic E-state index is -3.49. The molecular weight excluding hydrogens is 262 g/mol. The van der Waals surface area contributed by atoms with Crippen molar-refractivity contribution in [2.24, 2.45) is 0 Å². The number of ether oxygens (including phenoxy) is 1. The molecule has 1 unspecified atom stereocenters. The fourth-order valence-electron chi connectivity index (χ4n) is 1.23. The zero-order chi connectivity index (χ0) is 13.1. The predicted octanol–water partition coefficient (Wildman–Crippen LogP) is 1.73. The summed E-state index contributed by atoms with van der Waals surface area (Å²) in [6.07, 6.45) is -0.395. The SMILES string of the molecule is COC(C)CS(=O)(=O)Nc1sccc1C(C)=O. The predicted molar refractivity (Wildman–Crippen MR) is 68.2 cm³/mol. The van der Waals surface area contributed by atoms with Gasteiger partial charge in [-0.15, -0.1) is 11.3 Å². The van der Waals surface area contributed by atoms with Crippen molar-refractivity contribution in [3.63, 3.8) is 0 Å². The number of anilines is 1. The van der Waals surface area contributed by atoms with Crippen LogP contribution in [-0.2, 0) is 14.8 Å². The van der Waals surface area contributed by atoms with Crippen molar-refractivity contribution in [2.45, 2.75) is 20.0 Å². The summed E-state index contributed by atoms with van der Waals surface area (Å²) in [6.45, 7) is 3.07. The summed E-state index contributed by atoms with van der Waals surface area (Å²) in [4.78, 5) is 11.2. The van der Waals surface area contributed by atoms with Crippen LogP contribution >= 0.6 is 11.3 Å². The molecule has 1 aromatic heterocycles. The molecule has 1 N–H and O–H groups in total. The highest BCUT2D eigenvalue weighted by molar-refractivity contribution is 7.92. The Labute approximate surface area is 105 Å². The molecule has 1 atom stereocenters. The standard InChI is InChI=1S/C10H15NO4S2/c1-7(15-3)6-17(13,14)11-10-9(8(2)12)4-5-16-10/h4-5,7,11H,6H2,1-3H3. The molecule has 0 radical (unpaired) electrons. The van der Waals surface area contributed by atoms with Crippen molar-refractivity contribution in [2.75, 3.05) is 17.6 Å². The van der Waals surface area contributed by atoms with E-state index >= 15 is 0 Å². The molecule has 0 aliphatic carbocycles. The number of carbonyl (C=O) groups excluding carboxylic acids is 1. The second-order valence-corrected chi connectivity index (χ2v) is 6.33. The van der Waals surface area contributed by atoms with E-state index in [1.54, 1.807) is 18.4 Å². The highest BCUT2D eigenvalue weighted by Gasteiger charge is 2.18. The minimum absolute atomic E-state index is 0.140. The Morgan fingerprint density at radius 2 is 2.24 bits per heavy atom. The third-order valence-electron chi connectivity index (χ3n) is 2.15. The van der Waals surface area contributed by atoms with E-state index in [9.17, 15) is 13.2 Å². The van der Waals surface area contributed by atoms with E-state index in [1.807, 2.05) is 0 Å². The number of ketones is 1. The van der Waals surface area contributed by atoms with E-state index in [-0.39, 0.29) is 11.5 Å². The smallest absolute Gasteiger partial charge is 0.235 e. The third-order valence-corrected chi connectivity index (χ3v) is 4.53. The van der Waals surface area contributed by atoms with Crippen molar-refractivity contribution in [3.05, 3.63) is 17.0 Å². The van der Waals surface area contributed by atoms with E-state index in [4.69, 9.17) is 4.74 Å². The third kappa shape index (κ3) is 4.10. The van der Waals surface area contributed by atoms with Gasteiger partial charge >= 0.3 is 0 Å². The minimum Gasteiger partial charge on any atom is -0.381 e. The van der Waals surface area contributed by atoms with Crippen LogP contribution in [0.15, 0.2) is 11.4 Å². The summed E-state index contributed by atoms with van der Waals surface area (Å²) in [6, 6.07) is 1.60. The molecular formula is C10H15NO4S2. The topological polar surface area (TPSA) is 72.5 Å². The van der Waals surface area contributed by atoms with Gasteiger partial charge in [0.1, 0.15) is 5.00 Å². The number of carbonyl (C=O) groups is 1. The first-order valence-electron chi connectivity index (χ1n) is 4.97. The highest BCUT2D eigenvalue weighted by atomic mass is 32.2. The van der Waals surface area contributed by atoms with E-state index in [1.165, 1.54) is 25.4 Å². The lowest BCUT2D eigenvalue weighted by atomic mass is 10.2. The molecule has 5 nitrogen and oxygen atoms in total. The second-order valence-electron chi connectivity index (χ2n) is 3.65. The first kappa shape index (κ1) is 14.1. The fraction of sp³-hybridized carbons (Fsp3) is 0.500. The molecule has 1 heterocycles. The number of hydrogen-bond acceptors (Lipinski definition) is 5. The molecule has 0 bridgehead atoms. The molecule has 7 heteroatoms. The monoisotopic (exact) mass is 277 g/mol. The molecule has 17 heavy (non-hydrogen) atoms. The van der Waals surface area contributed by atoms with E-state index < -0.39 is 16.1 Å². The number of sulfonamides is 1. The lowest BCUT2D eigenvalue weighted by Gasteiger charge is -2.11. The maximum atomic E-state index is 11.7. The van der Waals surface area contributed by atoms with Gasteiger partial charge in [-0.1, -0.05) is 0 Å². The summed E-state index contributed by atoms with van der Waals surface area (Å²) in [5, 5.41) is 2.04. The number of hydrogen-bond donors (Lipinski definition) is 1. The van der Waals surface area contributed by atoms with Gasteiger partial charge in [-0.25, -0.2) is 8.42 Å². The molecule has 0 aliphatic heterocycles. The molecule has 1 rings (SSSR count). The maximum absolute atomic E-state index is 11.7. The lowest BCUT2D eigenvalue weighted by molar-refractivity contribution is 0.101. The number of thiophene rings is 1. The van der Waals surface area contributed by atoms with E-state index in [2.05, 4.69) is 4.72 Å². The van der Waals surface area contributed by atoms with Gasteiger partial charge < -0.3 is 4.74 Å². The average molecular weight is 277 g/mol. The summed E-state index contributed by atoms with van der Waals surface area (Å²) in [5.41, 5.74) is 0.392. The molecule has 96 valence electrons. The van der Waals surface area contributed by atoms with E-state index in [0.717, 1.165) is 0 Å². The second kappa shape index (κ2) is 5.61. The highest BCUT2D eigenvalue weighted by Crippen LogP contribution is 2.24. The van der Waals surface area contributed by atoms with Gasteiger partial charge in [-0.2, -0.15) is 0 Å². The Kier molecular flexibility index (Phi) is 4.67. The summed E-state index contributed by atoms with van der Waals surface area (Å²) in [5.74, 6) is -0.303. The molecule has 0 spiro atoms. The molecule has 0 aliphatic rings. The van der Waals surface area contributed by atoms with Gasteiger partial charge in [0.05, 0.1) is 17.4 Å². The first-order valence-corrected chi connectivity index (χ1v) is 7.50. The maximum Gasteiger partial charge on any atom is 0.235 e. The van der Waals surface area contributed by atoms with Crippen LogP contribution in [0.4, 0.5) is 5.00 Å². The zero-order valence-electron chi connectivity index (χ0n) is 9.89. The van der Waals surface area contributed by atoms with Crippen LogP contribution in [0, 0.1) is 0 Å². The van der Waals surface area contributed by atoms with Crippen LogP contribution in [0.1, 0.15) is 24.2 Å². The van der Waals surface area contributed by atoms with Crippen LogP contribution in [0.2, 0.25) is 0 Å². The van der Waals surface area contributed by atoms with Crippen molar-refractivity contribution in [1.82, 2.24) is 0 Å². The van der Waals surface area contributed by atoms with Crippen LogP contribution in [-0.4, -0.2) is 33.2 Å². The van der Waals surface area contributed by atoms with E-state index in [0.29, 0.717) is 10.6 Å². The van der Waals surface area contributed by atoms with Crippen molar-refractivity contribution < 1.29 is 17.9 Å². The Bertz CT molecular complexity index is 492. The average Bonchev–Trinajstić information content (AvgIpc) is 2.64. The number of rotatable bonds is 6. The lowest BCUT2D eigenvalue weighted by Crippen LogP contribution is -2.25. The van der Waals surface area contributed by atoms with Gasteiger partial charge in [-0.05, 0) is 25.3 Å². The van der Waals surface area contributed by atoms with Gasteiger partial charge in [0.25, 0.3) is 0 Å². The summed E-state index contributed by atoms with van der Waals surface area (Å²) >= 11 is 1.19. The van der Waals surface area contributed by atoms with Crippen LogP contribution in [0.3, 0.4) is 0 Å². The number of Topliss-reactive ketones (excluding diaryl/α,β-unsaturated/α-hetero) is 1. The number of methoxy groups -OCH3 is 1. The van der Waals surface area contributed by atoms with Gasteiger partial charge in [-0.3, -0.25) is 9.52 Å². The van der Waals surface area contributed by atoms with Gasteiger partial charge in [0, 0.05) is 7.11 Å². The van der Waals surface area contributed by atoms with Crippen LogP contribution < -0.4 is 4.72 Å². The van der Waals surface area contributed by atoms with Crippen molar-refractivity contribution >= 4 is 32.1 Å². The van der Waals surface area contributed by atoms with Crippen LogP contribution in [0.25, 0.3) is 0 Å². The molecule has 0 saturated heterocycles. The normalized spacial score (nSPS) is 13.4. The Hall–Kier alpha value is -0.920. The van der Waals surface area contributed by atoms with Gasteiger partial charge in [0.15, 0.2) is 5.78 Å².